The van der Waals surface area contributed by atoms with Crippen molar-refractivity contribution in [3.63, 3.8) is 0 Å². The van der Waals surface area contributed by atoms with Crippen LogP contribution in [0.3, 0.4) is 0 Å². The number of rotatable bonds is 2. The second-order valence-electron chi connectivity index (χ2n) is 2.72. The van der Waals surface area contributed by atoms with Crippen LogP contribution in [0.25, 0.3) is 0 Å². The molecule has 0 bridgehead atoms. The third kappa shape index (κ3) is 1.99. The summed E-state index contributed by atoms with van der Waals surface area (Å²) >= 11 is 5.68. The highest BCUT2D eigenvalue weighted by atomic mass is 35.5. The average molecular weight is 217 g/mol. The summed E-state index contributed by atoms with van der Waals surface area (Å²) in [6.45, 7) is 1.47. The van der Waals surface area contributed by atoms with Crippen molar-refractivity contribution in [2.24, 2.45) is 0 Å². The van der Waals surface area contributed by atoms with Gasteiger partial charge in [0, 0.05) is 17.5 Å². The summed E-state index contributed by atoms with van der Waals surface area (Å²) in [5.41, 5.74) is 0.172. The molecule has 74 valence electrons. The van der Waals surface area contributed by atoms with Gasteiger partial charge in [-0.2, -0.15) is 5.26 Å². The molecule has 0 atom stereocenters. The normalized spacial score (nSPS) is 10.3. The monoisotopic (exact) mass is 216 g/mol. The Morgan fingerprint density at radius 2 is 2.29 bits per heavy atom. The predicted octanol–water partition coefficient (Wildman–Crippen LogP) is 3.05. The summed E-state index contributed by atoms with van der Waals surface area (Å²) in [5, 5.41) is 8.59. The lowest BCUT2D eigenvalue weighted by Crippen LogP contribution is -2.01. The zero-order chi connectivity index (χ0) is 10.7. The molecule has 0 aliphatic rings. The molecule has 1 aromatic rings. The van der Waals surface area contributed by atoms with E-state index in [1.165, 1.54) is 13.1 Å². The van der Waals surface area contributed by atoms with E-state index in [1.54, 1.807) is 6.07 Å². The highest BCUT2D eigenvalue weighted by molar-refractivity contribution is 6.31. The second kappa shape index (κ2) is 4.34. The molecule has 1 rings (SSSR count). The van der Waals surface area contributed by atoms with Gasteiger partial charge in [-0.25, -0.2) is 8.78 Å². The Hall–Kier alpha value is -1.21. The molecule has 0 saturated heterocycles. The maximum atomic E-state index is 12.6. The van der Waals surface area contributed by atoms with Crippen molar-refractivity contribution in [3.8, 4) is 6.07 Å². The van der Waals surface area contributed by atoms with Crippen LogP contribution in [0.1, 0.15) is 23.2 Å². The zero-order valence-electron chi connectivity index (χ0n) is 7.39. The number of pyridine rings is 1. The first-order valence-corrected chi connectivity index (χ1v) is 4.24. The van der Waals surface area contributed by atoms with Gasteiger partial charge in [0.1, 0.15) is 0 Å². The van der Waals surface area contributed by atoms with Crippen molar-refractivity contribution < 1.29 is 8.78 Å². The zero-order valence-corrected chi connectivity index (χ0v) is 8.15. The van der Waals surface area contributed by atoms with Gasteiger partial charge in [0.05, 0.1) is 17.5 Å². The quantitative estimate of drug-likeness (QED) is 0.762. The molecule has 1 heterocycles. The lowest BCUT2D eigenvalue weighted by atomic mass is 10.1. The van der Waals surface area contributed by atoms with E-state index in [2.05, 4.69) is 4.98 Å². The van der Waals surface area contributed by atoms with Gasteiger partial charge in [0.25, 0.3) is 6.43 Å². The van der Waals surface area contributed by atoms with Gasteiger partial charge >= 0.3 is 0 Å². The first kappa shape index (κ1) is 10.9. The Balaban J connectivity index is 3.35. The molecule has 0 saturated carbocycles. The van der Waals surface area contributed by atoms with E-state index in [0.717, 1.165) is 0 Å². The van der Waals surface area contributed by atoms with E-state index < -0.39 is 6.43 Å². The van der Waals surface area contributed by atoms with Gasteiger partial charge in [-0.3, -0.25) is 4.98 Å². The number of hydrogen-bond donors (Lipinski definition) is 0. The number of halogens is 3. The number of nitriles is 1. The maximum absolute atomic E-state index is 12.6. The molecule has 14 heavy (non-hydrogen) atoms. The fraction of sp³-hybridized carbons (Fsp3) is 0.333. The van der Waals surface area contributed by atoms with Crippen molar-refractivity contribution in [3.05, 3.63) is 28.0 Å². The fourth-order valence-electron chi connectivity index (χ4n) is 1.20. The minimum absolute atomic E-state index is 0.118. The van der Waals surface area contributed by atoms with Crippen LogP contribution in [0.15, 0.2) is 6.20 Å². The first-order valence-electron chi connectivity index (χ1n) is 3.87. The lowest BCUT2D eigenvalue weighted by molar-refractivity contribution is 0.149. The van der Waals surface area contributed by atoms with E-state index in [-0.39, 0.29) is 28.3 Å². The fourth-order valence-corrected chi connectivity index (χ4v) is 1.41. The van der Waals surface area contributed by atoms with E-state index in [1.807, 2.05) is 0 Å². The molecule has 0 unspecified atom stereocenters. The van der Waals surface area contributed by atoms with E-state index in [4.69, 9.17) is 16.9 Å². The SMILES string of the molecule is Cc1ncc(Cl)c(CC#N)c1C(F)F. The number of aryl methyl sites for hydroxylation is 1. The van der Waals surface area contributed by atoms with Crippen LogP contribution in [0, 0.1) is 18.3 Å². The highest BCUT2D eigenvalue weighted by Gasteiger charge is 2.19. The van der Waals surface area contributed by atoms with Crippen LogP contribution in [0.4, 0.5) is 8.78 Å². The first-order chi connectivity index (χ1) is 6.57. The lowest BCUT2D eigenvalue weighted by Gasteiger charge is -2.09. The smallest absolute Gasteiger partial charge is 0.260 e. The van der Waals surface area contributed by atoms with Gasteiger partial charge in [0.2, 0.25) is 0 Å². The summed E-state index contributed by atoms with van der Waals surface area (Å²) in [4.78, 5) is 3.72. The van der Waals surface area contributed by atoms with Gasteiger partial charge in [0.15, 0.2) is 0 Å². The molecule has 0 N–H and O–H groups in total. The van der Waals surface area contributed by atoms with Crippen LogP contribution in [-0.4, -0.2) is 4.98 Å². The topological polar surface area (TPSA) is 36.7 Å². The Morgan fingerprint density at radius 3 is 2.79 bits per heavy atom. The highest BCUT2D eigenvalue weighted by Crippen LogP contribution is 2.30. The Labute approximate surface area is 85.1 Å². The van der Waals surface area contributed by atoms with Crippen LogP contribution >= 0.6 is 11.6 Å². The Bertz CT molecular complexity index is 385. The molecule has 0 radical (unpaired) electrons. The van der Waals surface area contributed by atoms with Gasteiger partial charge in [-0.15, -0.1) is 0 Å². The van der Waals surface area contributed by atoms with Crippen LogP contribution in [0.5, 0.6) is 0 Å². The van der Waals surface area contributed by atoms with Crippen LogP contribution in [-0.2, 0) is 6.42 Å². The summed E-state index contributed by atoms with van der Waals surface area (Å²) < 4.78 is 25.2. The minimum Gasteiger partial charge on any atom is -0.260 e. The molecular weight excluding hydrogens is 210 g/mol. The van der Waals surface area contributed by atoms with E-state index in [0.29, 0.717) is 0 Å². The maximum Gasteiger partial charge on any atom is 0.265 e. The van der Waals surface area contributed by atoms with E-state index >= 15 is 0 Å². The third-order valence-corrected chi connectivity index (χ3v) is 2.17. The summed E-state index contributed by atoms with van der Waals surface area (Å²) in [6.07, 6.45) is -1.48. The minimum atomic E-state index is -2.65. The molecule has 0 aromatic carbocycles. The molecule has 1 aromatic heterocycles. The summed E-state index contributed by atoms with van der Waals surface area (Å²) in [6, 6.07) is 1.80. The molecule has 0 aliphatic carbocycles. The molecule has 0 fully saturated rings. The summed E-state index contributed by atoms with van der Waals surface area (Å²) in [7, 11) is 0. The number of hydrogen-bond acceptors (Lipinski definition) is 2. The second-order valence-corrected chi connectivity index (χ2v) is 3.13. The summed E-state index contributed by atoms with van der Waals surface area (Å²) in [5.74, 6) is 0. The van der Waals surface area contributed by atoms with Gasteiger partial charge in [-0.05, 0) is 12.5 Å². The van der Waals surface area contributed by atoms with Gasteiger partial charge in [-0.1, -0.05) is 11.6 Å². The molecule has 0 spiro atoms. The largest absolute Gasteiger partial charge is 0.265 e. The number of nitrogens with zero attached hydrogens (tertiary/aromatic N) is 2. The molecule has 0 aliphatic heterocycles. The number of alkyl halides is 2. The Kier molecular flexibility index (Phi) is 3.37. The number of aromatic nitrogens is 1. The Morgan fingerprint density at radius 1 is 1.64 bits per heavy atom. The average Bonchev–Trinajstić information content (AvgIpc) is 2.11. The van der Waals surface area contributed by atoms with Crippen LogP contribution < -0.4 is 0 Å². The van der Waals surface area contributed by atoms with Crippen molar-refractivity contribution in [1.82, 2.24) is 4.98 Å². The molecular formula is C9H7ClF2N2. The van der Waals surface area contributed by atoms with Gasteiger partial charge < -0.3 is 0 Å². The third-order valence-electron chi connectivity index (χ3n) is 1.85. The van der Waals surface area contributed by atoms with Crippen molar-refractivity contribution in [1.29, 1.82) is 5.26 Å². The van der Waals surface area contributed by atoms with Crippen molar-refractivity contribution in [2.75, 3.05) is 0 Å². The van der Waals surface area contributed by atoms with Crippen molar-refractivity contribution in [2.45, 2.75) is 19.8 Å². The molecule has 5 heteroatoms. The van der Waals surface area contributed by atoms with E-state index in [9.17, 15) is 8.78 Å². The standard InChI is InChI=1S/C9H7ClF2N2/c1-5-8(9(11)12)6(2-3-13)7(10)4-14-5/h4,9H,2H2,1H3. The molecule has 2 nitrogen and oxygen atoms in total. The van der Waals surface area contributed by atoms with Crippen molar-refractivity contribution >= 4 is 11.6 Å². The predicted molar refractivity (Wildman–Crippen MR) is 48.3 cm³/mol. The van der Waals surface area contributed by atoms with Crippen LogP contribution in [0.2, 0.25) is 5.02 Å². The molecule has 0 amide bonds.